The quantitative estimate of drug-likeness (QED) is 0.257. The normalized spacial score (nSPS) is 11.6. The van der Waals surface area contributed by atoms with Gasteiger partial charge in [-0.05, 0) is 60.7 Å². The maximum Gasteiger partial charge on any atom is 0.420 e. The van der Waals surface area contributed by atoms with Crippen LogP contribution in [0.1, 0.15) is 11.1 Å². The van der Waals surface area contributed by atoms with Gasteiger partial charge in [0, 0.05) is 16.1 Å². The molecule has 0 spiro atoms. The lowest BCUT2D eigenvalue weighted by Gasteiger charge is -2.10. The number of nitrogens with one attached hydrogen (secondary N) is 1. The van der Waals surface area contributed by atoms with Gasteiger partial charge in [0.15, 0.2) is 17.1 Å². The van der Waals surface area contributed by atoms with E-state index in [0.717, 1.165) is 11.1 Å². The highest BCUT2D eigenvalue weighted by atomic mass is 35.5. The average Bonchev–Trinajstić information content (AvgIpc) is 3.22. The van der Waals surface area contributed by atoms with E-state index < -0.39 is 11.7 Å². The monoisotopic (exact) mass is 521 g/mol. The van der Waals surface area contributed by atoms with Crippen LogP contribution in [0.15, 0.2) is 81.1 Å². The number of methoxy groups -OCH3 is 3. The van der Waals surface area contributed by atoms with Gasteiger partial charge >= 0.3 is 5.76 Å². The van der Waals surface area contributed by atoms with Crippen molar-refractivity contribution in [3.8, 4) is 17.2 Å². The van der Waals surface area contributed by atoms with E-state index >= 15 is 0 Å². The van der Waals surface area contributed by atoms with Gasteiger partial charge in [0.1, 0.15) is 12.3 Å². The molecule has 0 atom stereocenters. The number of halogens is 1. The van der Waals surface area contributed by atoms with Gasteiger partial charge in [-0.25, -0.2) is 10.2 Å². The second kappa shape index (κ2) is 11.5. The summed E-state index contributed by atoms with van der Waals surface area (Å²) in [5.74, 6) is 0.624. The van der Waals surface area contributed by atoms with E-state index in [1.54, 1.807) is 69.9 Å². The summed E-state index contributed by atoms with van der Waals surface area (Å²) in [5, 5.41) is 4.73. The molecule has 0 aliphatic rings. The SMILES string of the molecule is COc1ccc(C(/C=C/c2cccc(OC)c2OC)=N/NC(=O)Cn2c(=O)oc3ccc(Cl)cc32)cc1. The smallest absolute Gasteiger partial charge is 0.420 e. The summed E-state index contributed by atoms with van der Waals surface area (Å²) < 4.78 is 22.5. The molecular formula is C27H24ClN3O6. The first-order valence-electron chi connectivity index (χ1n) is 11.1. The third kappa shape index (κ3) is 5.84. The van der Waals surface area contributed by atoms with Crippen LogP contribution in [0.3, 0.4) is 0 Å². The fourth-order valence-corrected chi connectivity index (χ4v) is 3.82. The van der Waals surface area contributed by atoms with Crippen molar-refractivity contribution >= 4 is 40.4 Å². The lowest BCUT2D eigenvalue weighted by molar-refractivity contribution is -0.121. The Morgan fingerprint density at radius 3 is 2.54 bits per heavy atom. The Labute approximate surface area is 217 Å². The molecule has 3 aromatic carbocycles. The number of para-hydroxylation sites is 1. The fraction of sp³-hybridized carbons (Fsp3) is 0.148. The van der Waals surface area contributed by atoms with Gasteiger partial charge < -0.3 is 18.6 Å². The Hall–Kier alpha value is -4.50. The van der Waals surface area contributed by atoms with Gasteiger partial charge in [-0.15, -0.1) is 0 Å². The summed E-state index contributed by atoms with van der Waals surface area (Å²) in [6.07, 6.45) is 3.53. The zero-order valence-electron chi connectivity index (χ0n) is 20.4. The number of amides is 1. The topological polar surface area (TPSA) is 104 Å². The van der Waals surface area contributed by atoms with Crippen LogP contribution in [0.2, 0.25) is 5.02 Å². The molecule has 1 N–H and O–H groups in total. The van der Waals surface area contributed by atoms with E-state index in [1.165, 1.54) is 4.57 Å². The summed E-state index contributed by atoms with van der Waals surface area (Å²) in [6, 6.07) is 17.4. The summed E-state index contributed by atoms with van der Waals surface area (Å²) in [6.45, 7) is -0.307. The summed E-state index contributed by atoms with van der Waals surface area (Å²) >= 11 is 6.04. The van der Waals surface area contributed by atoms with Crippen LogP contribution in [0, 0.1) is 0 Å². The van der Waals surface area contributed by atoms with E-state index in [-0.39, 0.29) is 6.54 Å². The van der Waals surface area contributed by atoms with Gasteiger partial charge in [0.05, 0.1) is 32.6 Å². The number of ether oxygens (including phenoxy) is 3. The first kappa shape index (κ1) is 25.6. The number of nitrogens with zero attached hydrogens (tertiary/aromatic N) is 2. The molecule has 9 nitrogen and oxygen atoms in total. The number of aromatic nitrogens is 1. The summed E-state index contributed by atoms with van der Waals surface area (Å²) in [5.41, 5.74) is 5.19. The van der Waals surface area contributed by atoms with Crippen molar-refractivity contribution in [2.45, 2.75) is 6.54 Å². The summed E-state index contributed by atoms with van der Waals surface area (Å²) in [4.78, 5) is 25.0. The molecule has 1 heterocycles. The van der Waals surface area contributed by atoms with Crippen molar-refractivity contribution in [1.29, 1.82) is 0 Å². The second-order valence-electron chi connectivity index (χ2n) is 7.74. The van der Waals surface area contributed by atoms with Crippen LogP contribution < -0.4 is 25.4 Å². The average molecular weight is 522 g/mol. The van der Waals surface area contributed by atoms with Crippen LogP contribution in [-0.4, -0.2) is 37.5 Å². The number of allylic oxidation sites excluding steroid dienone is 1. The van der Waals surface area contributed by atoms with E-state index in [0.29, 0.717) is 39.1 Å². The molecule has 0 radical (unpaired) electrons. The Morgan fingerprint density at radius 2 is 1.84 bits per heavy atom. The number of carbonyl (C=O) groups excluding carboxylic acids is 1. The second-order valence-corrected chi connectivity index (χ2v) is 8.18. The van der Waals surface area contributed by atoms with E-state index in [4.69, 9.17) is 30.2 Å². The molecule has 0 saturated heterocycles. The Kier molecular flexibility index (Phi) is 7.95. The van der Waals surface area contributed by atoms with Crippen molar-refractivity contribution in [3.05, 3.63) is 93.4 Å². The van der Waals surface area contributed by atoms with Crippen molar-refractivity contribution in [3.63, 3.8) is 0 Å². The van der Waals surface area contributed by atoms with Crippen LogP contribution in [0.5, 0.6) is 17.2 Å². The minimum atomic E-state index is -0.670. The zero-order valence-corrected chi connectivity index (χ0v) is 21.1. The largest absolute Gasteiger partial charge is 0.497 e. The Bertz CT molecular complexity index is 1540. The van der Waals surface area contributed by atoms with E-state index in [1.807, 2.05) is 24.3 Å². The Balaban J connectivity index is 1.63. The lowest BCUT2D eigenvalue weighted by atomic mass is 10.1. The van der Waals surface area contributed by atoms with Gasteiger partial charge in [-0.1, -0.05) is 23.7 Å². The third-order valence-corrected chi connectivity index (χ3v) is 5.71. The van der Waals surface area contributed by atoms with Crippen molar-refractivity contribution in [1.82, 2.24) is 9.99 Å². The maximum absolute atomic E-state index is 12.8. The molecule has 1 aromatic heterocycles. The number of fused-ring (bicyclic) bond motifs is 1. The molecule has 0 aliphatic heterocycles. The highest BCUT2D eigenvalue weighted by Gasteiger charge is 2.14. The highest BCUT2D eigenvalue weighted by Crippen LogP contribution is 2.31. The first-order valence-corrected chi connectivity index (χ1v) is 11.5. The van der Waals surface area contributed by atoms with E-state index in [2.05, 4.69) is 10.5 Å². The van der Waals surface area contributed by atoms with E-state index in [9.17, 15) is 9.59 Å². The van der Waals surface area contributed by atoms with Gasteiger partial charge in [0.2, 0.25) is 0 Å². The molecule has 0 fully saturated rings. The van der Waals surface area contributed by atoms with Gasteiger partial charge in [0.25, 0.3) is 5.91 Å². The Morgan fingerprint density at radius 1 is 1.05 bits per heavy atom. The van der Waals surface area contributed by atoms with Gasteiger partial charge in [-0.3, -0.25) is 9.36 Å². The minimum Gasteiger partial charge on any atom is -0.497 e. The molecule has 0 bridgehead atoms. The number of rotatable bonds is 9. The molecule has 4 aromatic rings. The molecule has 190 valence electrons. The van der Waals surface area contributed by atoms with Crippen LogP contribution in [0.4, 0.5) is 0 Å². The summed E-state index contributed by atoms with van der Waals surface area (Å²) in [7, 11) is 4.70. The van der Waals surface area contributed by atoms with Crippen LogP contribution in [0.25, 0.3) is 17.2 Å². The number of benzene rings is 3. The maximum atomic E-state index is 12.8. The molecule has 0 saturated carbocycles. The fourth-order valence-electron chi connectivity index (χ4n) is 3.66. The molecule has 0 aliphatic carbocycles. The molecule has 10 heteroatoms. The minimum absolute atomic E-state index is 0.307. The first-order chi connectivity index (χ1) is 17.9. The van der Waals surface area contributed by atoms with Crippen molar-refractivity contribution < 1.29 is 23.4 Å². The molecule has 4 rings (SSSR count). The van der Waals surface area contributed by atoms with Crippen LogP contribution >= 0.6 is 11.6 Å². The lowest BCUT2D eigenvalue weighted by Crippen LogP contribution is -2.28. The number of hydrazone groups is 1. The zero-order chi connectivity index (χ0) is 26.4. The van der Waals surface area contributed by atoms with Crippen LogP contribution in [-0.2, 0) is 11.3 Å². The molecule has 37 heavy (non-hydrogen) atoms. The molecule has 0 unspecified atom stereocenters. The molecule has 1 amide bonds. The predicted molar refractivity (Wildman–Crippen MR) is 142 cm³/mol. The van der Waals surface area contributed by atoms with Crippen molar-refractivity contribution in [2.24, 2.45) is 5.10 Å². The standard InChI is InChI=1S/C27H24ClN3O6/c1-34-20-11-7-17(8-12-20)21(13-9-18-5-4-6-24(35-2)26(18)36-3)29-30-25(32)16-31-22-15-19(28)10-14-23(22)37-27(31)33/h4-15H,16H2,1-3H3,(H,30,32)/b13-9+,29-21+. The van der Waals surface area contributed by atoms with Crippen molar-refractivity contribution in [2.75, 3.05) is 21.3 Å². The third-order valence-electron chi connectivity index (χ3n) is 5.47. The predicted octanol–water partition coefficient (Wildman–Crippen LogP) is 4.51. The number of hydrogen-bond donors (Lipinski definition) is 1. The molecular weight excluding hydrogens is 498 g/mol. The van der Waals surface area contributed by atoms with Gasteiger partial charge in [-0.2, -0.15) is 5.10 Å². The number of hydrogen-bond acceptors (Lipinski definition) is 7. The highest BCUT2D eigenvalue weighted by molar-refractivity contribution is 6.31. The number of carbonyl (C=O) groups is 1. The number of oxazole rings is 1.